The largest absolute Gasteiger partial charge is 0.465 e. The maximum atomic E-state index is 10.9. The van der Waals surface area contributed by atoms with Crippen LogP contribution in [0.1, 0.15) is 12.8 Å². The zero-order chi connectivity index (χ0) is 11.8. The number of piperidine rings is 3. The van der Waals surface area contributed by atoms with Crippen molar-refractivity contribution >= 4 is 6.09 Å². The second-order valence-electron chi connectivity index (χ2n) is 5.51. The zero-order valence-corrected chi connectivity index (χ0v) is 10.2. The number of hydrogen-bond donors (Lipinski definition) is 1. The third-order valence-electron chi connectivity index (χ3n) is 4.68. The predicted molar refractivity (Wildman–Crippen MR) is 64.1 cm³/mol. The Kier molecular flexibility index (Phi) is 2.96. The van der Waals surface area contributed by atoms with Gasteiger partial charge in [-0.2, -0.15) is 0 Å². The maximum Gasteiger partial charge on any atom is 0.407 e. The molecular formula is C12H21N3O2. The lowest BCUT2D eigenvalue weighted by molar-refractivity contribution is -0.0130. The van der Waals surface area contributed by atoms with Crippen molar-refractivity contribution in [2.24, 2.45) is 5.92 Å². The average Bonchev–Trinajstić information content (AvgIpc) is 2.40. The molecule has 4 heterocycles. The van der Waals surface area contributed by atoms with Gasteiger partial charge in [-0.1, -0.05) is 0 Å². The summed E-state index contributed by atoms with van der Waals surface area (Å²) in [6.07, 6.45) is 1.91. The van der Waals surface area contributed by atoms with Crippen molar-refractivity contribution in [2.45, 2.75) is 18.9 Å². The molecule has 4 aliphatic rings. The highest BCUT2D eigenvalue weighted by Crippen LogP contribution is 2.31. The van der Waals surface area contributed by atoms with Gasteiger partial charge in [-0.15, -0.1) is 0 Å². The van der Waals surface area contributed by atoms with Crippen molar-refractivity contribution in [1.82, 2.24) is 14.7 Å². The van der Waals surface area contributed by atoms with Crippen LogP contribution >= 0.6 is 0 Å². The first-order valence-corrected chi connectivity index (χ1v) is 6.68. The van der Waals surface area contributed by atoms with E-state index in [-0.39, 0.29) is 0 Å². The van der Waals surface area contributed by atoms with Crippen LogP contribution in [0.2, 0.25) is 0 Å². The number of carbonyl (C=O) groups is 1. The lowest BCUT2D eigenvalue weighted by Crippen LogP contribution is -2.61. The lowest BCUT2D eigenvalue weighted by Gasteiger charge is -2.50. The average molecular weight is 239 g/mol. The Morgan fingerprint density at radius 3 is 2.12 bits per heavy atom. The summed E-state index contributed by atoms with van der Waals surface area (Å²) >= 11 is 0. The highest BCUT2D eigenvalue weighted by atomic mass is 16.4. The van der Waals surface area contributed by atoms with Gasteiger partial charge >= 0.3 is 6.09 Å². The Bertz CT molecular complexity index is 294. The summed E-state index contributed by atoms with van der Waals surface area (Å²) in [5, 5.41) is 8.94. The smallest absolute Gasteiger partial charge is 0.407 e. The fourth-order valence-corrected chi connectivity index (χ4v) is 3.59. The van der Waals surface area contributed by atoms with E-state index in [2.05, 4.69) is 9.80 Å². The molecule has 96 valence electrons. The molecule has 4 fully saturated rings. The normalized spacial score (nSPS) is 38.4. The Labute approximate surface area is 102 Å². The first kappa shape index (κ1) is 11.3. The van der Waals surface area contributed by atoms with Crippen LogP contribution in [0.25, 0.3) is 0 Å². The SMILES string of the molecule is O=C(O)N1CCN(C2CN3CCC2CC3)CC1. The van der Waals surface area contributed by atoms with E-state index in [0.717, 1.165) is 19.0 Å². The Morgan fingerprint density at radius 2 is 1.65 bits per heavy atom. The Hall–Kier alpha value is -0.810. The number of fused-ring (bicyclic) bond motifs is 3. The molecule has 17 heavy (non-hydrogen) atoms. The number of carboxylic acid groups (broad SMARTS) is 1. The van der Waals surface area contributed by atoms with Crippen LogP contribution in [0.3, 0.4) is 0 Å². The van der Waals surface area contributed by atoms with Gasteiger partial charge in [-0.3, -0.25) is 4.90 Å². The lowest BCUT2D eigenvalue weighted by atomic mass is 9.83. The van der Waals surface area contributed by atoms with Gasteiger partial charge in [0.15, 0.2) is 0 Å². The molecule has 4 aliphatic heterocycles. The minimum atomic E-state index is -0.765. The highest BCUT2D eigenvalue weighted by Gasteiger charge is 2.38. The Balaban J connectivity index is 1.58. The van der Waals surface area contributed by atoms with E-state index in [1.165, 1.54) is 37.4 Å². The molecule has 1 amide bonds. The molecule has 1 N–H and O–H groups in total. The number of hydrogen-bond acceptors (Lipinski definition) is 3. The van der Waals surface area contributed by atoms with Crippen LogP contribution in [-0.2, 0) is 0 Å². The predicted octanol–water partition coefficient (Wildman–Crippen LogP) is 0.376. The van der Waals surface area contributed by atoms with Gasteiger partial charge in [0, 0.05) is 38.8 Å². The van der Waals surface area contributed by atoms with Crippen molar-refractivity contribution in [3.8, 4) is 0 Å². The van der Waals surface area contributed by atoms with Crippen LogP contribution in [-0.4, -0.2) is 77.8 Å². The van der Waals surface area contributed by atoms with Gasteiger partial charge in [0.2, 0.25) is 0 Å². The van der Waals surface area contributed by atoms with E-state index in [1.54, 1.807) is 0 Å². The summed E-state index contributed by atoms with van der Waals surface area (Å²) in [4.78, 5) is 17.5. The van der Waals surface area contributed by atoms with Crippen LogP contribution in [0.5, 0.6) is 0 Å². The van der Waals surface area contributed by atoms with Crippen LogP contribution in [0.4, 0.5) is 4.79 Å². The second kappa shape index (κ2) is 4.46. The van der Waals surface area contributed by atoms with Crippen LogP contribution in [0, 0.1) is 5.92 Å². The first-order valence-electron chi connectivity index (χ1n) is 6.68. The van der Waals surface area contributed by atoms with Crippen molar-refractivity contribution in [3.05, 3.63) is 0 Å². The molecule has 4 saturated heterocycles. The summed E-state index contributed by atoms with van der Waals surface area (Å²) in [7, 11) is 0. The minimum Gasteiger partial charge on any atom is -0.465 e. The van der Waals surface area contributed by atoms with E-state index in [4.69, 9.17) is 5.11 Å². The molecule has 0 aromatic carbocycles. The fraction of sp³-hybridized carbons (Fsp3) is 0.917. The molecule has 0 aliphatic carbocycles. The fourth-order valence-electron chi connectivity index (χ4n) is 3.59. The zero-order valence-electron chi connectivity index (χ0n) is 10.2. The molecule has 5 heteroatoms. The first-order chi connectivity index (χ1) is 8.24. The number of piperazine rings is 1. The van der Waals surface area contributed by atoms with E-state index in [1.807, 2.05) is 0 Å². The van der Waals surface area contributed by atoms with Gasteiger partial charge in [0.05, 0.1) is 0 Å². The van der Waals surface area contributed by atoms with Crippen molar-refractivity contribution < 1.29 is 9.90 Å². The third kappa shape index (κ3) is 2.13. The summed E-state index contributed by atoms with van der Waals surface area (Å²) in [5.41, 5.74) is 0. The topological polar surface area (TPSA) is 47.0 Å². The molecule has 5 nitrogen and oxygen atoms in total. The Morgan fingerprint density at radius 1 is 1.00 bits per heavy atom. The third-order valence-corrected chi connectivity index (χ3v) is 4.68. The van der Waals surface area contributed by atoms with Crippen molar-refractivity contribution in [2.75, 3.05) is 45.8 Å². The molecule has 1 unspecified atom stereocenters. The quantitative estimate of drug-likeness (QED) is 0.718. The summed E-state index contributed by atoms with van der Waals surface area (Å²) in [6.45, 7) is 6.95. The van der Waals surface area contributed by atoms with E-state index in [9.17, 15) is 4.79 Å². The highest BCUT2D eigenvalue weighted by molar-refractivity contribution is 5.65. The maximum absolute atomic E-state index is 10.9. The van der Waals surface area contributed by atoms with Gasteiger partial charge in [0.1, 0.15) is 0 Å². The summed E-state index contributed by atoms with van der Waals surface area (Å²) in [5.74, 6) is 0.858. The minimum absolute atomic E-state index is 0.679. The van der Waals surface area contributed by atoms with Gasteiger partial charge in [-0.05, 0) is 31.8 Å². The summed E-state index contributed by atoms with van der Waals surface area (Å²) < 4.78 is 0. The molecule has 2 bridgehead atoms. The molecule has 4 rings (SSSR count). The number of nitrogens with zero attached hydrogens (tertiary/aromatic N) is 3. The van der Waals surface area contributed by atoms with E-state index in [0.29, 0.717) is 19.1 Å². The van der Waals surface area contributed by atoms with Crippen molar-refractivity contribution in [1.29, 1.82) is 0 Å². The standard InChI is InChI=1S/C12H21N3O2/c16-12(17)15-7-5-14(6-8-15)11-9-13-3-1-10(11)2-4-13/h10-11H,1-9H2,(H,16,17). The molecular weight excluding hydrogens is 218 g/mol. The van der Waals surface area contributed by atoms with Gasteiger partial charge in [-0.25, -0.2) is 4.79 Å². The second-order valence-corrected chi connectivity index (χ2v) is 5.51. The molecule has 0 aromatic heterocycles. The molecule has 1 atom stereocenters. The summed E-state index contributed by atoms with van der Waals surface area (Å²) in [6, 6.07) is 0.688. The van der Waals surface area contributed by atoms with Crippen LogP contribution < -0.4 is 0 Å². The van der Waals surface area contributed by atoms with Gasteiger partial charge < -0.3 is 14.9 Å². The molecule has 0 radical (unpaired) electrons. The van der Waals surface area contributed by atoms with Crippen molar-refractivity contribution in [3.63, 3.8) is 0 Å². The van der Waals surface area contributed by atoms with E-state index < -0.39 is 6.09 Å². The molecule has 0 aromatic rings. The number of amides is 1. The van der Waals surface area contributed by atoms with Gasteiger partial charge in [0.25, 0.3) is 0 Å². The molecule has 0 spiro atoms. The van der Waals surface area contributed by atoms with Crippen LogP contribution in [0.15, 0.2) is 0 Å². The monoisotopic (exact) mass is 239 g/mol. The number of rotatable bonds is 1. The molecule has 0 saturated carbocycles. The van der Waals surface area contributed by atoms with E-state index >= 15 is 0 Å².